The standard InChI is InChI=1S/C16H28N2OS/c1-10(13-8-7-9-19-13)17-11(2)14-12(3)18-15(20-14)16(4,5)6/h10-11,13,17H,7-9H2,1-6H3. The van der Waals surface area contributed by atoms with E-state index in [4.69, 9.17) is 9.72 Å². The van der Waals surface area contributed by atoms with E-state index in [1.807, 2.05) is 11.3 Å². The van der Waals surface area contributed by atoms with Crippen molar-refractivity contribution in [2.75, 3.05) is 6.61 Å². The predicted molar refractivity (Wildman–Crippen MR) is 85.5 cm³/mol. The lowest BCUT2D eigenvalue weighted by Gasteiger charge is -2.24. The van der Waals surface area contributed by atoms with Crippen molar-refractivity contribution in [1.29, 1.82) is 0 Å². The van der Waals surface area contributed by atoms with Crippen molar-refractivity contribution in [2.45, 2.75) is 78.0 Å². The number of nitrogens with zero attached hydrogens (tertiary/aromatic N) is 1. The van der Waals surface area contributed by atoms with Crippen molar-refractivity contribution in [2.24, 2.45) is 0 Å². The molecule has 0 saturated carbocycles. The highest BCUT2D eigenvalue weighted by molar-refractivity contribution is 7.12. The average molecular weight is 296 g/mol. The van der Waals surface area contributed by atoms with Crippen LogP contribution in [0.4, 0.5) is 0 Å². The molecule has 2 rings (SSSR count). The quantitative estimate of drug-likeness (QED) is 0.913. The molecule has 1 N–H and O–H groups in total. The third kappa shape index (κ3) is 3.60. The molecule has 3 nitrogen and oxygen atoms in total. The zero-order valence-electron chi connectivity index (χ0n) is 13.6. The van der Waals surface area contributed by atoms with Gasteiger partial charge in [-0.3, -0.25) is 0 Å². The van der Waals surface area contributed by atoms with E-state index in [9.17, 15) is 0 Å². The molecule has 0 radical (unpaired) electrons. The van der Waals surface area contributed by atoms with Crippen molar-refractivity contribution in [3.8, 4) is 0 Å². The van der Waals surface area contributed by atoms with Gasteiger partial charge in [0.1, 0.15) is 0 Å². The van der Waals surface area contributed by atoms with Crippen molar-refractivity contribution >= 4 is 11.3 Å². The van der Waals surface area contributed by atoms with Gasteiger partial charge in [0.25, 0.3) is 0 Å². The molecular weight excluding hydrogens is 268 g/mol. The maximum atomic E-state index is 5.77. The van der Waals surface area contributed by atoms with Crippen molar-refractivity contribution in [1.82, 2.24) is 10.3 Å². The van der Waals surface area contributed by atoms with Crippen LogP contribution in [-0.2, 0) is 10.2 Å². The third-order valence-electron chi connectivity index (χ3n) is 3.90. The molecule has 4 heteroatoms. The summed E-state index contributed by atoms with van der Waals surface area (Å²) in [6.45, 7) is 14.2. The summed E-state index contributed by atoms with van der Waals surface area (Å²) in [7, 11) is 0. The van der Waals surface area contributed by atoms with Crippen LogP contribution < -0.4 is 5.32 Å². The minimum Gasteiger partial charge on any atom is -0.377 e. The van der Waals surface area contributed by atoms with Crippen LogP contribution >= 0.6 is 11.3 Å². The maximum absolute atomic E-state index is 5.77. The largest absolute Gasteiger partial charge is 0.377 e. The van der Waals surface area contributed by atoms with E-state index >= 15 is 0 Å². The van der Waals surface area contributed by atoms with Crippen LogP contribution in [0.25, 0.3) is 0 Å². The zero-order valence-corrected chi connectivity index (χ0v) is 14.4. The third-order valence-corrected chi connectivity index (χ3v) is 5.67. The lowest BCUT2D eigenvalue weighted by molar-refractivity contribution is 0.0805. The van der Waals surface area contributed by atoms with Crippen LogP contribution in [0.1, 0.15) is 69.1 Å². The first kappa shape index (κ1) is 15.9. The summed E-state index contributed by atoms with van der Waals surface area (Å²) in [6, 6.07) is 0.731. The van der Waals surface area contributed by atoms with E-state index in [1.54, 1.807) is 0 Å². The van der Waals surface area contributed by atoms with Gasteiger partial charge in [-0.05, 0) is 33.6 Å². The average Bonchev–Trinajstić information content (AvgIpc) is 2.95. The molecule has 1 aliphatic heterocycles. The molecule has 0 aromatic carbocycles. The normalized spacial score (nSPS) is 23.0. The Morgan fingerprint density at radius 1 is 1.35 bits per heavy atom. The Kier molecular flexibility index (Phi) is 4.88. The summed E-state index contributed by atoms with van der Waals surface area (Å²) in [5, 5.41) is 4.91. The molecular formula is C16H28N2OS. The number of aromatic nitrogens is 1. The Labute approximate surface area is 127 Å². The first-order valence-corrected chi connectivity index (χ1v) is 8.46. The van der Waals surface area contributed by atoms with Gasteiger partial charge in [0, 0.05) is 29.0 Å². The SMILES string of the molecule is Cc1nc(C(C)(C)C)sc1C(C)NC(C)C1CCCO1. The molecule has 1 fully saturated rings. The van der Waals surface area contributed by atoms with Gasteiger partial charge in [0.15, 0.2) is 0 Å². The van der Waals surface area contributed by atoms with Crippen LogP contribution in [0.15, 0.2) is 0 Å². The van der Waals surface area contributed by atoms with Crippen LogP contribution in [0, 0.1) is 6.92 Å². The number of rotatable bonds is 4. The molecule has 1 saturated heterocycles. The van der Waals surface area contributed by atoms with Crippen molar-refractivity contribution in [3.63, 3.8) is 0 Å². The van der Waals surface area contributed by atoms with Crippen LogP contribution in [0.2, 0.25) is 0 Å². The van der Waals surface area contributed by atoms with E-state index in [-0.39, 0.29) is 5.41 Å². The van der Waals surface area contributed by atoms with Crippen molar-refractivity contribution < 1.29 is 4.74 Å². The summed E-state index contributed by atoms with van der Waals surface area (Å²) in [5.41, 5.74) is 1.30. The Hall–Kier alpha value is -0.450. The van der Waals surface area contributed by atoms with E-state index < -0.39 is 0 Å². The molecule has 2 heterocycles. The highest BCUT2D eigenvalue weighted by atomic mass is 32.1. The van der Waals surface area contributed by atoms with Gasteiger partial charge < -0.3 is 10.1 Å². The van der Waals surface area contributed by atoms with Crippen LogP contribution in [-0.4, -0.2) is 23.7 Å². The monoisotopic (exact) mass is 296 g/mol. The lowest BCUT2D eigenvalue weighted by atomic mass is 9.98. The second-order valence-electron chi connectivity index (χ2n) is 6.95. The number of hydrogen-bond donors (Lipinski definition) is 1. The molecule has 0 bridgehead atoms. The highest BCUT2D eigenvalue weighted by Crippen LogP contribution is 2.33. The van der Waals surface area contributed by atoms with Gasteiger partial charge in [-0.25, -0.2) is 4.98 Å². The Balaban J connectivity index is 2.05. The summed E-state index contributed by atoms with van der Waals surface area (Å²) >= 11 is 1.84. The molecule has 1 aromatic rings. The van der Waals surface area contributed by atoms with Crippen molar-refractivity contribution in [3.05, 3.63) is 15.6 Å². The fraction of sp³-hybridized carbons (Fsp3) is 0.812. The molecule has 1 aromatic heterocycles. The van der Waals surface area contributed by atoms with Crippen LogP contribution in [0.3, 0.4) is 0 Å². The Bertz CT molecular complexity index is 444. The van der Waals surface area contributed by atoms with Crippen LogP contribution in [0.5, 0.6) is 0 Å². The lowest BCUT2D eigenvalue weighted by Crippen LogP contribution is -2.38. The van der Waals surface area contributed by atoms with Gasteiger partial charge in [-0.1, -0.05) is 20.8 Å². The molecule has 20 heavy (non-hydrogen) atoms. The van der Waals surface area contributed by atoms with E-state index in [0.29, 0.717) is 18.2 Å². The minimum absolute atomic E-state index is 0.133. The van der Waals surface area contributed by atoms with Gasteiger partial charge in [-0.15, -0.1) is 11.3 Å². The smallest absolute Gasteiger partial charge is 0.0985 e. The number of thiazole rings is 1. The summed E-state index contributed by atoms with van der Waals surface area (Å²) in [6.07, 6.45) is 2.74. The van der Waals surface area contributed by atoms with Gasteiger partial charge in [-0.2, -0.15) is 0 Å². The molecule has 3 unspecified atom stereocenters. The first-order chi connectivity index (χ1) is 9.29. The fourth-order valence-corrected chi connectivity index (χ4v) is 3.84. The summed E-state index contributed by atoms with van der Waals surface area (Å²) < 4.78 is 5.77. The molecule has 0 amide bonds. The molecule has 1 aliphatic rings. The zero-order chi connectivity index (χ0) is 14.9. The number of hydrogen-bond acceptors (Lipinski definition) is 4. The Morgan fingerprint density at radius 2 is 2.05 bits per heavy atom. The molecule has 114 valence electrons. The minimum atomic E-state index is 0.133. The molecule has 0 aliphatic carbocycles. The first-order valence-electron chi connectivity index (χ1n) is 7.64. The number of aryl methyl sites for hydroxylation is 1. The van der Waals surface area contributed by atoms with Gasteiger partial charge in [0.05, 0.1) is 16.8 Å². The summed E-state index contributed by atoms with van der Waals surface area (Å²) in [4.78, 5) is 6.12. The number of ether oxygens (including phenoxy) is 1. The maximum Gasteiger partial charge on any atom is 0.0985 e. The topological polar surface area (TPSA) is 34.2 Å². The number of nitrogens with one attached hydrogen (secondary N) is 1. The Morgan fingerprint density at radius 3 is 2.55 bits per heavy atom. The second kappa shape index (κ2) is 6.12. The highest BCUT2D eigenvalue weighted by Gasteiger charge is 2.26. The molecule has 0 spiro atoms. The van der Waals surface area contributed by atoms with Gasteiger partial charge in [0.2, 0.25) is 0 Å². The summed E-state index contributed by atoms with van der Waals surface area (Å²) in [5.74, 6) is 0. The molecule has 3 atom stereocenters. The second-order valence-corrected chi connectivity index (χ2v) is 7.98. The predicted octanol–water partition coefficient (Wildman–Crippen LogP) is 3.97. The van der Waals surface area contributed by atoms with Gasteiger partial charge >= 0.3 is 0 Å². The fourth-order valence-electron chi connectivity index (χ4n) is 2.71. The van der Waals surface area contributed by atoms with E-state index in [2.05, 4.69) is 46.9 Å². The van der Waals surface area contributed by atoms with E-state index in [0.717, 1.165) is 6.61 Å². The van der Waals surface area contributed by atoms with E-state index in [1.165, 1.54) is 28.4 Å².